The van der Waals surface area contributed by atoms with Gasteiger partial charge in [-0.1, -0.05) is 0 Å². The van der Waals surface area contributed by atoms with Crippen LogP contribution in [0.5, 0.6) is 0 Å². The van der Waals surface area contributed by atoms with Gasteiger partial charge in [0.05, 0.1) is 11.9 Å². The number of sulfonamides is 1. The lowest BCUT2D eigenvalue weighted by Gasteiger charge is -2.29. The van der Waals surface area contributed by atoms with Crippen LogP contribution in [0.15, 0.2) is 18.2 Å². The number of carbonyl (C=O) groups excluding carboxylic acids is 3. The lowest BCUT2D eigenvalue weighted by molar-refractivity contribution is -0.147. The Hall–Kier alpha value is -2.62. The van der Waals surface area contributed by atoms with Crippen LogP contribution in [-0.2, 0) is 30.7 Å². The SMILES string of the molecule is CC(C)(C)OC(=O)N1CCC[C@H]1C(=O)OCC(=O)c1ccc2c(c1)CCCN2S(C)(=O)=O. The van der Waals surface area contributed by atoms with Gasteiger partial charge in [0.1, 0.15) is 11.6 Å². The molecular formula is C22H30N2O7S. The van der Waals surface area contributed by atoms with E-state index in [0.717, 1.165) is 11.8 Å². The minimum atomic E-state index is -3.39. The smallest absolute Gasteiger partial charge is 0.411 e. The second-order valence-electron chi connectivity index (χ2n) is 9.14. The van der Waals surface area contributed by atoms with Crippen LogP contribution in [0.4, 0.5) is 10.5 Å². The van der Waals surface area contributed by atoms with E-state index >= 15 is 0 Å². The van der Waals surface area contributed by atoms with Crippen molar-refractivity contribution in [1.29, 1.82) is 0 Å². The summed E-state index contributed by atoms with van der Waals surface area (Å²) in [4.78, 5) is 38.9. The van der Waals surface area contributed by atoms with Gasteiger partial charge >= 0.3 is 12.1 Å². The normalized spacial score (nSPS) is 18.8. The number of anilines is 1. The number of aryl methyl sites for hydroxylation is 1. The summed E-state index contributed by atoms with van der Waals surface area (Å²) >= 11 is 0. The third-order valence-corrected chi connectivity index (χ3v) is 6.56. The van der Waals surface area contributed by atoms with Gasteiger partial charge in [-0.05, 0) is 70.2 Å². The van der Waals surface area contributed by atoms with E-state index < -0.39 is 40.3 Å². The van der Waals surface area contributed by atoms with E-state index in [1.165, 1.54) is 9.21 Å². The number of ether oxygens (including phenoxy) is 2. The molecule has 1 aromatic rings. The van der Waals surface area contributed by atoms with Gasteiger partial charge in [0.2, 0.25) is 10.0 Å². The first-order chi connectivity index (χ1) is 14.9. The van der Waals surface area contributed by atoms with Crippen LogP contribution in [0.1, 0.15) is 56.0 Å². The molecule has 10 heteroatoms. The van der Waals surface area contributed by atoms with Gasteiger partial charge < -0.3 is 9.47 Å². The summed E-state index contributed by atoms with van der Waals surface area (Å²) in [6.45, 7) is 5.60. The highest BCUT2D eigenvalue weighted by Gasteiger charge is 2.38. The third kappa shape index (κ3) is 5.59. The molecule has 0 bridgehead atoms. The molecule has 0 saturated carbocycles. The highest BCUT2D eigenvalue weighted by atomic mass is 32.2. The van der Waals surface area contributed by atoms with Crippen molar-refractivity contribution in [2.75, 3.05) is 30.3 Å². The Kier molecular flexibility index (Phi) is 6.83. The molecule has 0 radical (unpaired) electrons. The van der Waals surface area contributed by atoms with E-state index in [1.54, 1.807) is 39.0 Å². The molecule has 0 spiro atoms. The van der Waals surface area contributed by atoms with Crippen molar-refractivity contribution < 1.29 is 32.3 Å². The zero-order chi connectivity index (χ0) is 23.7. The lowest BCUT2D eigenvalue weighted by atomic mass is 9.99. The standard InChI is InChI=1S/C22H30N2O7S/c1-22(2,3)31-21(27)23-11-6-8-18(23)20(26)30-14-19(25)16-9-10-17-15(13-16)7-5-12-24(17)32(4,28)29/h9-10,13,18H,5-8,11-12,14H2,1-4H3/t18-/m0/s1. The maximum atomic E-state index is 12.6. The highest BCUT2D eigenvalue weighted by Crippen LogP contribution is 2.30. The molecule has 0 N–H and O–H groups in total. The predicted molar refractivity (Wildman–Crippen MR) is 118 cm³/mol. The monoisotopic (exact) mass is 466 g/mol. The molecule has 1 fully saturated rings. The van der Waals surface area contributed by atoms with Crippen molar-refractivity contribution in [1.82, 2.24) is 4.90 Å². The number of benzene rings is 1. The van der Waals surface area contributed by atoms with Gasteiger partial charge in [-0.2, -0.15) is 0 Å². The summed E-state index contributed by atoms with van der Waals surface area (Å²) in [5.41, 5.74) is 1.02. The van der Waals surface area contributed by atoms with Crippen LogP contribution < -0.4 is 4.31 Å². The fourth-order valence-electron chi connectivity index (χ4n) is 3.95. The van der Waals surface area contributed by atoms with Crippen molar-refractivity contribution in [2.45, 2.75) is 58.1 Å². The van der Waals surface area contributed by atoms with E-state index in [4.69, 9.17) is 9.47 Å². The fraction of sp³-hybridized carbons (Fsp3) is 0.591. The van der Waals surface area contributed by atoms with E-state index in [9.17, 15) is 22.8 Å². The van der Waals surface area contributed by atoms with Gasteiger partial charge in [0.25, 0.3) is 0 Å². The van der Waals surface area contributed by atoms with Gasteiger partial charge in [-0.15, -0.1) is 0 Å². The van der Waals surface area contributed by atoms with Crippen molar-refractivity contribution >= 4 is 33.6 Å². The number of likely N-dealkylation sites (tertiary alicyclic amines) is 1. The molecule has 3 rings (SSSR count). The first-order valence-corrected chi connectivity index (χ1v) is 12.5. The predicted octanol–water partition coefficient (Wildman–Crippen LogP) is 2.52. The van der Waals surface area contributed by atoms with Crippen LogP contribution in [0.3, 0.4) is 0 Å². The Morgan fingerprint density at radius 3 is 2.50 bits per heavy atom. The lowest BCUT2D eigenvalue weighted by Crippen LogP contribution is -2.44. The number of esters is 1. The highest BCUT2D eigenvalue weighted by molar-refractivity contribution is 7.92. The number of hydrogen-bond donors (Lipinski definition) is 0. The number of nitrogens with zero attached hydrogens (tertiary/aromatic N) is 2. The minimum Gasteiger partial charge on any atom is -0.456 e. The van der Waals surface area contributed by atoms with Crippen LogP contribution in [0, 0.1) is 0 Å². The van der Waals surface area contributed by atoms with Gasteiger partial charge in [-0.3, -0.25) is 14.0 Å². The number of rotatable bonds is 5. The van der Waals surface area contributed by atoms with Gasteiger partial charge in [0, 0.05) is 18.7 Å². The average Bonchev–Trinajstić information content (AvgIpc) is 3.19. The molecule has 1 saturated heterocycles. The molecule has 1 aromatic carbocycles. The largest absolute Gasteiger partial charge is 0.456 e. The number of Topliss-reactive ketones (excluding diaryl/α,β-unsaturated/α-hetero) is 1. The van der Waals surface area contributed by atoms with Crippen molar-refractivity contribution in [3.8, 4) is 0 Å². The summed E-state index contributed by atoms with van der Waals surface area (Å²) in [5.74, 6) is -1.03. The maximum Gasteiger partial charge on any atom is 0.411 e. The summed E-state index contributed by atoms with van der Waals surface area (Å²) in [6, 6.07) is 4.04. The van der Waals surface area contributed by atoms with Crippen LogP contribution in [0.2, 0.25) is 0 Å². The second-order valence-corrected chi connectivity index (χ2v) is 11.1. The zero-order valence-corrected chi connectivity index (χ0v) is 19.7. The molecule has 0 aliphatic carbocycles. The van der Waals surface area contributed by atoms with Crippen molar-refractivity contribution in [3.05, 3.63) is 29.3 Å². The third-order valence-electron chi connectivity index (χ3n) is 5.38. The van der Waals surface area contributed by atoms with Crippen molar-refractivity contribution in [2.24, 2.45) is 0 Å². The average molecular weight is 467 g/mol. The first-order valence-electron chi connectivity index (χ1n) is 10.7. The molecule has 1 atom stereocenters. The van der Waals surface area contributed by atoms with Crippen molar-refractivity contribution in [3.63, 3.8) is 0 Å². The molecule has 32 heavy (non-hydrogen) atoms. The molecule has 176 valence electrons. The Morgan fingerprint density at radius 2 is 1.84 bits per heavy atom. The zero-order valence-electron chi connectivity index (χ0n) is 18.9. The van der Waals surface area contributed by atoms with Crippen LogP contribution in [0.25, 0.3) is 0 Å². The van der Waals surface area contributed by atoms with Crippen LogP contribution >= 0.6 is 0 Å². The maximum absolute atomic E-state index is 12.6. The van der Waals surface area contributed by atoms with E-state index in [0.29, 0.717) is 50.0 Å². The molecule has 0 aromatic heterocycles. The molecule has 2 heterocycles. The van der Waals surface area contributed by atoms with Gasteiger partial charge in [-0.25, -0.2) is 18.0 Å². The van der Waals surface area contributed by atoms with E-state index in [-0.39, 0.29) is 5.78 Å². The number of amides is 1. The first kappa shape index (κ1) is 24.0. The van der Waals surface area contributed by atoms with Gasteiger partial charge in [0.15, 0.2) is 12.4 Å². The Bertz CT molecular complexity index is 1010. The Balaban J connectivity index is 1.63. The summed E-state index contributed by atoms with van der Waals surface area (Å²) in [7, 11) is -3.39. The quantitative estimate of drug-likeness (QED) is 0.484. The number of carbonyl (C=O) groups is 3. The molecule has 9 nitrogen and oxygen atoms in total. The van der Waals surface area contributed by atoms with E-state index in [2.05, 4.69) is 0 Å². The topological polar surface area (TPSA) is 110 Å². The molecule has 2 aliphatic heterocycles. The van der Waals surface area contributed by atoms with E-state index in [1.807, 2.05) is 0 Å². The summed E-state index contributed by atoms with van der Waals surface area (Å²) < 4.78 is 35.9. The summed E-state index contributed by atoms with van der Waals surface area (Å²) in [6.07, 6.45) is 3.00. The fourth-order valence-corrected chi connectivity index (χ4v) is 4.94. The number of fused-ring (bicyclic) bond motifs is 1. The summed E-state index contributed by atoms with van der Waals surface area (Å²) in [5, 5.41) is 0. The molecule has 2 aliphatic rings. The second kappa shape index (κ2) is 9.09. The Morgan fingerprint density at radius 1 is 1.12 bits per heavy atom. The van der Waals surface area contributed by atoms with Crippen LogP contribution in [-0.4, -0.2) is 68.8 Å². The molecular weight excluding hydrogens is 436 g/mol. The Labute approximate surface area is 188 Å². The molecule has 1 amide bonds. The molecule has 0 unspecified atom stereocenters. The number of hydrogen-bond acceptors (Lipinski definition) is 7. The number of ketones is 1. The minimum absolute atomic E-state index is 0.349.